The molecule has 1 aromatic heterocycles. The van der Waals surface area contributed by atoms with Crippen molar-refractivity contribution in [3.63, 3.8) is 0 Å². The minimum Gasteiger partial charge on any atom is -0.361 e. The monoisotopic (exact) mass is 347 g/mol. The summed E-state index contributed by atoms with van der Waals surface area (Å²) in [5, 5.41) is 4.64. The van der Waals surface area contributed by atoms with E-state index in [0.29, 0.717) is 18.0 Å². The smallest absolute Gasteiger partial charge is 0.276 e. The minimum absolute atomic E-state index is 0.0531. The summed E-state index contributed by atoms with van der Waals surface area (Å²) >= 11 is 6.34. The van der Waals surface area contributed by atoms with Crippen molar-refractivity contribution in [2.24, 2.45) is 0 Å². The molecular formula is C18H22ClN3O2. The van der Waals surface area contributed by atoms with E-state index in [1.54, 1.807) is 13.0 Å². The minimum atomic E-state index is -0.0531. The van der Waals surface area contributed by atoms with Crippen LogP contribution in [0.15, 0.2) is 28.8 Å². The molecule has 1 aromatic carbocycles. The van der Waals surface area contributed by atoms with E-state index in [1.165, 1.54) is 11.1 Å². The standard InChI is InChI=1S/C18H22ClN3O2/c1-13-5-3-6-16(19)15(13)12-21-7-4-8-22(10-9-21)18(23)17-11-14(2)24-20-17/h3,5-6,11H,4,7-10,12H2,1-2H3. The summed E-state index contributed by atoms with van der Waals surface area (Å²) in [5.74, 6) is 0.603. The lowest BCUT2D eigenvalue weighted by Crippen LogP contribution is -2.35. The summed E-state index contributed by atoms with van der Waals surface area (Å²) in [6.07, 6.45) is 0.937. The summed E-state index contributed by atoms with van der Waals surface area (Å²) in [6.45, 7) is 7.90. The van der Waals surface area contributed by atoms with E-state index in [9.17, 15) is 4.79 Å². The normalized spacial score (nSPS) is 16.2. The van der Waals surface area contributed by atoms with Crippen LogP contribution in [0.2, 0.25) is 5.02 Å². The predicted molar refractivity (Wildman–Crippen MR) is 93.2 cm³/mol. The van der Waals surface area contributed by atoms with Crippen molar-refractivity contribution < 1.29 is 9.32 Å². The zero-order valence-corrected chi connectivity index (χ0v) is 14.8. The van der Waals surface area contributed by atoms with E-state index in [4.69, 9.17) is 16.1 Å². The molecule has 2 heterocycles. The van der Waals surface area contributed by atoms with Crippen LogP contribution in [0, 0.1) is 13.8 Å². The fourth-order valence-corrected chi connectivity index (χ4v) is 3.33. The van der Waals surface area contributed by atoms with Crippen LogP contribution in [0.4, 0.5) is 0 Å². The van der Waals surface area contributed by atoms with E-state index in [1.807, 2.05) is 17.0 Å². The Kier molecular flexibility index (Phi) is 5.21. The van der Waals surface area contributed by atoms with Crippen LogP contribution in [0.3, 0.4) is 0 Å². The first kappa shape index (κ1) is 17.0. The van der Waals surface area contributed by atoms with Gasteiger partial charge in [0.15, 0.2) is 5.69 Å². The lowest BCUT2D eigenvalue weighted by molar-refractivity contribution is 0.0750. The average molecular weight is 348 g/mol. The Morgan fingerprint density at radius 3 is 2.79 bits per heavy atom. The van der Waals surface area contributed by atoms with Crippen molar-refractivity contribution in [3.05, 3.63) is 51.9 Å². The average Bonchev–Trinajstić information content (AvgIpc) is 2.85. The number of rotatable bonds is 3. The number of carbonyl (C=O) groups is 1. The number of halogens is 1. The van der Waals surface area contributed by atoms with Crippen LogP contribution in [-0.4, -0.2) is 47.0 Å². The highest BCUT2D eigenvalue weighted by atomic mass is 35.5. The third kappa shape index (κ3) is 3.79. The first-order valence-corrected chi connectivity index (χ1v) is 8.61. The first-order valence-electron chi connectivity index (χ1n) is 8.23. The summed E-state index contributed by atoms with van der Waals surface area (Å²) in [7, 11) is 0. The van der Waals surface area contributed by atoms with Crippen LogP contribution in [0.5, 0.6) is 0 Å². The molecule has 1 aliphatic heterocycles. The highest BCUT2D eigenvalue weighted by Gasteiger charge is 2.23. The van der Waals surface area contributed by atoms with Crippen LogP contribution in [0.1, 0.15) is 33.8 Å². The van der Waals surface area contributed by atoms with Gasteiger partial charge in [-0.25, -0.2) is 0 Å². The maximum atomic E-state index is 12.5. The summed E-state index contributed by atoms with van der Waals surface area (Å²) in [4.78, 5) is 16.7. The second-order valence-electron chi connectivity index (χ2n) is 6.28. The van der Waals surface area contributed by atoms with Crippen molar-refractivity contribution >= 4 is 17.5 Å². The van der Waals surface area contributed by atoms with E-state index >= 15 is 0 Å². The topological polar surface area (TPSA) is 49.6 Å². The fourth-order valence-electron chi connectivity index (χ4n) is 3.05. The fraction of sp³-hybridized carbons (Fsp3) is 0.444. The van der Waals surface area contributed by atoms with Crippen LogP contribution < -0.4 is 0 Å². The quantitative estimate of drug-likeness (QED) is 0.854. The SMILES string of the molecule is Cc1cc(C(=O)N2CCCN(Cc3c(C)cccc3Cl)CC2)no1. The van der Waals surface area contributed by atoms with Gasteiger partial charge in [-0.3, -0.25) is 9.69 Å². The third-order valence-corrected chi connectivity index (χ3v) is 4.81. The van der Waals surface area contributed by atoms with Gasteiger partial charge in [0.1, 0.15) is 5.76 Å². The van der Waals surface area contributed by atoms with Gasteiger partial charge >= 0.3 is 0 Å². The third-order valence-electron chi connectivity index (χ3n) is 4.46. The van der Waals surface area contributed by atoms with Crippen molar-refractivity contribution in [2.45, 2.75) is 26.8 Å². The second kappa shape index (κ2) is 7.36. The van der Waals surface area contributed by atoms with Crippen molar-refractivity contribution in [2.75, 3.05) is 26.2 Å². The molecule has 0 unspecified atom stereocenters. The Balaban J connectivity index is 1.64. The molecule has 0 aliphatic carbocycles. The highest BCUT2D eigenvalue weighted by Crippen LogP contribution is 2.22. The van der Waals surface area contributed by atoms with Crippen LogP contribution >= 0.6 is 11.6 Å². The molecular weight excluding hydrogens is 326 g/mol. The van der Waals surface area contributed by atoms with E-state index < -0.39 is 0 Å². The zero-order chi connectivity index (χ0) is 17.1. The molecule has 1 fully saturated rings. The van der Waals surface area contributed by atoms with Gasteiger partial charge in [-0.2, -0.15) is 0 Å². The molecule has 6 heteroatoms. The zero-order valence-electron chi connectivity index (χ0n) is 14.1. The highest BCUT2D eigenvalue weighted by molar-refractivity contribution is 6.31. The van der Waals surface area contributed by atoms with Gasteiger partial charge in [-0.15, -0.1) is 0 Å². The van der Waals surface area contributed by atoms with Gasteiger partial charge in [0.05, 0.1) is 0 Å². The van der Waals surface area contributed by atoms with Gasteiger partial charge in [-0.05, 0) is 37.5 Å². The summed E-state index contributed by atoms with van der Waals surface area (Å²) < 4.78 is 5.01. The Hall–Kier alpha value is -1.85. The number of nitrogens with zero attached hydrogens (tertiary/aromatic N) is 3. The molecule has 128 valence electrons. The number of amides is 1. The number of aromatic nitrogens is 1. The first-order chi connectivity index (χ1) is 11.5. The molecule has 3 rings (SSSR count). The molecule has 1 amide bonds. The lowest BCUT2D eigenvalue weighted by Gasteiger charge is -2.22. The molecule has 24 heavy (non-hydrogen) atoms. The van der Waals surface area contributed by atoms with Crippen molar-refractivity contribution in [1.82, 2.24) is 15.0 Å². The van der Waals surface area contributed by atoms with Gasteiger partial charge in [0, 0.05) is 43.8 Å². The van der Waals surface area contributed by atoms with Gasteiger partial charge in [-0.1, -0.05) is 28.9 Å². The van der Waals surface area contributed by atoms with Gasteiger partial charge < -0.3 is 9.42 Å². The maximum absolute atomic E-state index is 12.5. The number of carbonyl (C=O) groups excluding carboxylic acids is 1. The van der Waals surface area contributed by atoms with Gasteiger partial charge in [0.2, 0.25) is 0 Å². The number of benzene rings is 1. The molecule has 0 radical (unpaired) electrons. The largest absolute Gasteiger partial charge is 0.361 e. The molecule has 0 bridgehead atoms. The maximum Gasteiger partial charge on any atom is 0.276 e. The molecule has 1 saturated heterocycles. The predicted octanol–water partition coefficient (Wildman–Crippen LogP) is 3.29. The Bertz CT molecular complexity index is 709. The number of aryl methyl sites for hydroxylation is 2. The molecule has 1 aliphatic rings. The lowest BCUT2D eigenvalue weighted by atomic mass is 10.1. The molecule has 0 atom stereocenters. The van der Waals surface area contributed by atoms with E-state index in [-0.39, 0.29) is 5.91 Å². The van der Waals surface area contributed by atoms with Crippen molar-refractivity contribution in [3.8, 4) is 0 Å². The van der Waals surface area contributed by atoms with E-state index in [2.05, 4.69) is 23.0 Å². The molecule has 5 nitrogen and oxygen atoms in total. The molecule has 0 N–H and O–H groups in total. The summed E-state index contributed by atoms with van der Waals surface area (Å²) in [6, 6.07) is 7.69. The molecule has 0 spiro atoms. The van der Waals surface area contributed by atoms with Gasteiger partial charge in [0.25, 0.3) is 5.91 Å². The second-order valence-corrected chi connectivity index (χ2v) is 6.69. The Morgan fingerprint density at radius 1 is 1.25 bits per heavy atom. The summed E-state index contributed by atoms with van der Waals surface area (Å²) in [5.41, 5.74) is 2.77. The van der Waals surface area contributed by atoms with Crippen molar-refractivity contribution in [1.29, 1.82) is 0 Å². The van der Waals surface area contributed by atoms with E-state index in [0.717, 1.165) is 37.6 Å². The number of hydrogen-bond acceptors (Lipinski definition) is 4. The molecule has 2 aromatic rings. The molecule has 0 saturated carbocycles. The Morgan fingerprint density at radius 2 is 2.08 bits per heavy atom. The van der Waals surface area contributed by atoms with Crippen LogP contribution in [-0.2, 0) is 6.54 Å². The van der Waals surface area contributed by atoms with Crippen LogP contribution in [0.25, 0.3) is 0 Å². The Labute approximate surface area is 147 Å². The number of hydrogen-bond donors (Lipinski definition) is 0.